The lowest BCUT2D eigenvalue weighted by Crippen LogP contribution is -1.93. The lowest BCUT2D eigenvalue weighted by atomic mass is 10.1. The van der Waals surface area contributed by atoms with E-state index < -0.39 is 10.9 Å². The molecule has 0 saturated heterocycles. The van der Waals surface area contributed by atoms with E-state index in [2.05, 4.69) is 4.74 Å². The Balaban J connectivity index is 2.36. The quantitative estimate of drug-likeness (QED) is 0.372. The summed E-state index contributed by atoms with van der Waals surface area (Å²) in [5.41, 5.74) is 1.17. The van der Waals surface area contributed by atoms with Gasteiger partial charge in [0.2, 0.25) is 0 Å². The predicted molar refractivity (Wildman–Crippen MR) is 76.6 cm³/mol. The second kappa shape index (κ2) is 6.04. The molecule has 0 spiro atoms. The Hall–Kier alpha value is -2.89. The summed E-state index contributed by atoms with van der Waals surface area (Å²) in [6, 6.07) is 8.14. The van der Waals surface area contributed by atoms with Crippen molar-refractivity contribution < 1.29 is 18.9 Å². The van der Waals surface area contributed by atoms with E-state index in [9.17, 15) is 14.9 Å². The maximum atomic E-state index is 11.1. The molecule has 21 heavy (non-hydrogen) atoms. The number of furan rings is 1. The van der Waals surface area contributed by atoms with Crippen LogP contribution in [-0.2, 0) is 9.53 Å². The Labute approximate surface area is 120 Å². The molecule has 0 N–H and O–H groups in total. The molecule has 1 heterocycles. The van der Waals surface area contributed by atoms with E-state index >= 15 is 0 Å². The number of nitro groups is 1. The average Bonchev–Trinajstić information content (AvgIpc) is 2.93. The van der Waals surface area contributed by atoms with Gasteiger partial charge in [-0.2, -0.15) is 0 Å². The molecule has 6 heteroatoms. The van der Waals surface area contributed by atoms with Gasteiger partial charge in [0.1, 0.15) is 11.5 Å². The summed E-state index contributed by atoms with van der Waals surface area (Å²) in [5.74, 6) is 0.269. The first-order valence-electron chi connectivity index (χ1n) is 6.12. The summed E-state index contributed by atoms with van der Waals surface area (Å²) in [4.78, 5) is 21.6. The van der Waals surface area contributed by atoms with Gasteiger partial charge in [-0.3, -0.25) is 10.1 Å². The van der Waals surface area contributed by atoms with Crippen molar-refractivity contribution in [1.82, 2.24) is 0 Å². The Bertz CT molecular complexity index is 715. The summed E-state index contributed by atoms with van der Waals surface area (Å²) in [7, 11) is 1.27. The van der Waals surface area contributed by atoms with Gasteiger partial charge in [0, 0.05) is 12.1 Å². The number of esters is 1. The van der Waals surface area contributed by atoms with Crippen LogP contribution in [0.2, 0.25) is 0 Å². The average molecular weight is 287 g/mol. The predicted octanol–water partition coefficient (Wildman–Crippen LogP) is 3.35. The van der Waals surface area contributed by atoms with E-state index in [0.717, 1.165) is 5.56 Å². The standard InChI is InChI=1S/C15H13NO5/c1-10-3-6-12(13(9-10)16(18)19)14-7-4-11(21-14)5-8-15(17)20-2/h3-9H,1-2H3/b8-5+. The van der Waals surface area contributed by atoms with Crippen LogP contribution in [0, 0.1) is 17.0 Å². The molecule has 0 atom stereocenters. The molecule has 0 aliphatic rings. The number of methoxy groups -OCH3 is 1. The second-order valence-electron chi connectivity index (χ2n) is 4.34. The SMILES string of the molecule is COC(=O)/C=C/c1ccc(-c2ccc(C)cc2[N+](=O)[O-])o1. The number of ether oxygens (including phenoxy) is 1. The fraction of sp³-hybridized carbons (Fsp3) is 0.133. The van der Waals surface area contributed by atoms with Crippen LogP contribution in [-0.4, -0.2) is 18.0 Å². The van der Waals surface area contributed by atoms with Crippen molar-refractivity contribution in [2.24, 2.45) is 0 Å². The van der Waals surface area contributed by atoms with Crippen LogP contribution < -0.4 is 0 Å². The van der Waals surface area contributed by atoms with Crippen LogP contribution in [0.5, 0.6) is 0 Å². The first-order valence-corrected chi connectivity index (χ1v) is 6.12. The van der Waals surface area contributed by atoms with Gasteiger partial charge in [-0.15, -0.1) is 0 Å². The largest absolute Gasteiger partial charge is 0.466 e. The summed E-state index contributed by atoms with van der Waals surface area (Å²) < 4.78 is 9.97. The monoisotopic (exact) mass is 287 g/mol. The lowest BCUT2D eigenvalue weighted by Gasteiger charge is -2.01. The van der Waals surface area contributed by atoms with Crippen molar-refractivity contribution >= 4 is 17.7 Å². The molecule has 0 saturated carbocycles. The van der Waals surface area contributed by atoms with Crippen LogP contribution in [0.15, 0.2) is 40.8 Å². The molecule has 6 nitrogen and oxygen atoms in total. The molecule has 0 unspecified atom stereocenters. The molecule has 0 aliphatic heterocycles. The summed E-state index contributed by atoms with van der Waals surface area (Å²) in [6.45, 7) is 1.78. The highest BCUT2D eigenvalue weighted by Gasteiger charge is 2.17. The molecule has 2 aromatic rings. The number of rotatable bonds is 4. The van der Waals surface area contributed by atoms with Crippen LogP contribution in [0.4, 0.5) is 5.69 Å². The summed E-state index contributed by atoms with van der Waals surface area (Å²) in [6.07, 6.45) is 2.65. The Morgan fingerprint density at radius 3 is 2.76 bits per heavy atom. The van der Waals surface area contributed by atoms with E-state index in [4.69, 9.17) is 4.42 Å². The summed E-state index contributed by atoms with van der Waals surface area (Å²) in [5, 5.41) is 11.1. The van der Waals surface area contributed by atoms with Crippen molar-refractivity contribution in [3.8, 4) is 11.3 Å². The Kier molecular flexibility index (Phi) is 4.18. The third-order valence-corrected chi connectivity index (χ3v) is 2.83. The minimum atomic E-state index is -0.505. The van der Waals surface area contributed by atoms with E-state index in [-0.39, 0.29) is 5.69 Å². The first kappa shape index (κ1) is 14.5. The molecule has 0 radical (unpaired) electrons. The number of carbonyl (C=O) groups is 1. The van der Waals surface area contributed by atoms with Crippen LogP contribution in [0.1, 0.15) is 11.3 Å². The van der Waals surface area contributed by atoms with Crippen molar-refractivity contribution in [2.45, 2.75) is 6.92 Å². The third kappa shape index (κ3) is 3.36. The Morgan fingerprint density at radius 1 is 1.33 bits per heavy atom. The molecule has 1 aromatic heterocycles. The zero-order valence-corrected chi connectivity index (χ0v) is 11.5. The van der Waals surface area contributed by atoms with E-state index in [1.807, 2.05) is 0 Å². The zero-order chi connectivity index (χ0) is 15.4. The second-order valence-corrected chi connectivity index (χ2v) is 4.34. The number of nitrogens with zero attached hydrogens (tertiary/aromatic N) is 1. The highest BCUT2D eigenvalue weighted by molar-refractivity contribution is 5.86. The van der Waals surface area contributed by atoms with Gasteiger partial charge in [0.15, 0.2) is 0 Å². The van der Waals surface area contributed by atoms with Gasteiger partial charge in [-0.25, -0.2) is 4.79 Å². The topological polar surface area (TPSA) is 82.6 Å². The number of hydrogen-bond acceptors (Lipinski definition) is 5. The van der Waals surface area contributed by atoms with Crippen molar-refractivity contribution in [3.63, 3.8) is 0 Å². The van der Waals surface area contributed by atoms with Crippen LogP contribution in [0.25, 0.3) is 17.4 Å². The fourth-order valence-corrected chi connectivity index (χ4v) is 1.81. The smallest absolute Gasteiger partial charge is 0.330 e. The van der Waals surface area contributed by atoms with E-state index in [1.54, 1.807) is 31.2 Å². The van der Waals surface area contributed by atoms with Gasteiger partial charge >= 0.3 is 5.97 Å². The molecular weight excluding hydrogens is 274 g/mol. The zero-order valence-electron chi connectivity index (χ0n) is 11.5. The number of hydrogen-bond donors (Lipinski definition) is 0. The van der Waals surface area contributed by atoms with Crippen molar-refractivity contribution in [2.75, 3.05) is 7.11 Å². The van der Waals surface area contributed by atoms with Crippen molar-refractivity contribution in [3.05, 3.63) is 57.8 Å². The lowest BCUT2D eigenvalue weighted by molar-refractivity contribution is -0.384. The van der Waals surface area contributed by atoms with Gasteiger partial charge in [0.25, 0.3) is 5.69 Å². The molecule has 0 aliphatic carbocycles. The van der Waals surface area contributed by atoms with Gasteiger partial charge in [-0.1, -0.05) is 6.07 Å². The van der Waals surface area contributed by atoms with Gasteiger partial charge in [-0.05, 0) is 36.8 Å². The molecule has 108 valence electrons. The normalized spacial score (nSPS) is 10.8. The minimum Gasteiger partial charge on any atom is -0.466 e. The molecule has 2 rings (SSSR count). The van der Waals surface area contributed by atoms with Gasteiger partial charge < -0.3 is 9.15 Å². The van der Waals surface area contributed by atoms with Crippen molar-refractivity contribution in [1.29, 1.82) is 0 Å². The molecule has 1 aromatic carbocycles. The molecule has 0 amide bonds. The summed E-state index contributed by atoms with van der Waals surface area (Å²) >= 11 is 0. The number of aryl methyl sites for hydroxylation is 1. The third-order valence-electron chi connectivity index (χ3n) is 2.83. The highest BCUT2D eigenvalue weighted by atomic mass is 16.6. The first-order chi connectivity index (χ1) is 10.0. The number of carbonyl (C=O) groups excluding carboxylic acids is 1. The minimum absolute atomic E-state index is 0.0205. The fourth-order valence-electron chi connectivity index (χ4n) is 1.81. The molecular formula is C15H13NO5. The highest BCUT2D eigenvalue weighted by Crippen LogP contribution is 2.32. The van der Waals surface area contributed by atoms with E-state index in [0.29, 0.717) is 17.1 Å². The van der Waals surface area contributed by atoms with Gasteiger partial charge in [0.05, 0.1) is 17.6 Å². The maximum absolute atomic E-state index is 11.1. The number of nitro benzene ring substituents is 1. The van der Waals surface area contributed by atoms with Crippen LogP contribution >= 0.6 is 0 Å². The van der Waals surface area contributed by atoms with E-state index in [1.165, 1.54) is 25.3 Å². The van der Waals surface area contributed by atoms with Crippen LogP contribution in [0.3, 0.4) is 0 Å². The maximum Gasteiger partial charge on any atom is 0.330 e. The number of benzene rings is 1. The Morgan fingerprint density at radius 2 is 2.10 bits per heavy atom. The molecule has 0 fully saturated rings. The molecule has 0 bridgehead atoms.